The third-order valence-corrected chi connectivity index (χ3v) is 5.59. The first-order valence-electron chi connectivity index (χ1n) is 9.63. The van der Waals surface area contributed by atoms with E-state index in [4.69, 9.17) is 9.84 Å². The van der Waals surface area contributed by atoms with Crippen molar-refractivity contribution in [2.24, 2.45) is 0 Å². The van der Waals surface area contributed by atoms with Gasteiger partial charge in [-0.15, -0.1) is 5.10 Å². The fourth-order valence-corrected chi connectivity index (χ4v) is 3.69. The Morgan fingerprint density at radius 3 is 2.63 bits per heavy atom. The van der Waals surface area contributed by atoms with Crippen LogP contribution in [0.2, 0.25) is 0 Å². The summed E-state index contributed by atoms with van der Waals surface area (Å²) in [4.78, 5) is 18.0. The molecular formula is C21H26N4O2. The third kappa shape index (κ3) is 2.83. The molecule has 0 spiro atoms. The number of nitrogens with zero attached hydrogens (tertiary/aromatic N) is 4. The van der Waals surface area contributed by atoms with Gasteiger partial charge < -0.3 is 4.74 Å². The Morgan fingerprint density at radius 1 is 1.30 bits per heavy atom. The van der Waals surface area contributed by atoms with Gasteiger partial charge in [0, 0.05) is 23.4 Å². The zero-order valence-electron chi connectivity index (χ0n) is 16.6. The summed E-state index contributed by atoms with van der Waals surface area (Å²) in [6.07, 6.45) is 3.03. The van der Waals surface area contributed by atoms with Crippen LogP contribution in [0.25, 0.3) is 16.9 Å². The minimum atomic E-state index is 0.0566. The van der Waals surface area contributed by atoms with Crippen LogP contribution in [0.3, 0.4) is 0 Å². The summed E-state index contributed by atoms with van der Waals surface area (Å²) < 4.78 is 8.93. The zero-order valence-corrected chi connectivity index (χ0v) is 16.6. The molecular weight excluding hydrogens is 340 g/mol. The van der Waals surface area contributed by atoms with Gasteiger partial charge in [-0.05, 0) is 56.7 Å². The smallest absolute Gasteiger partial charge is 0.278 e. The minimum Gasteiger partial charge on any atom is -0.481 e. The van der Waals surface area contributed by atoms with Crippen molar-refractivity contribution in [1.82, 2.24) is 19.2 Å². The van der Waals surface area contributed by atoms with Crippen LogP contribution in [-0.2, 0) is 0 Å². The lowest BCUT2D eigenvalue weighted by atomic mass is 10.00. The number of aryl methyl sites for hydroxylation is 2. The maximum absolute atomic E-state index is 13.6. The van der Waals surface area contributed by atoms with Gasteiger partial charge in [-0.1, -0.05) is 13.8 Å². The Labute approximate surface area is 158 Å². The average molecular weight is 366 g/mol. The van der Waals surface area contributed by atoms with E-state index in [2.05, 4.69) is 24.9 Å². The maximum atomic E-state index is 13.6. The Morgan fingerprint density at radius 2 is 2.04 bits per heavy atom. The average Bonchev–Trinajstić information content (AvgIpc) is 3.44. The molecule has 3 aromatic rings. The molecule has 1 atom stereocenters. The Balaban J connectivity index is 2.03. The van der Waals surface area contributed by atoms with Crippen molar-refractivity contribution in [3.8, 4) is 17.3 Å². The molecule has 1 aliphatic rings. The number of methoxy groups -OCH3 is 1. The summed E-state index contributed by atoms with van der Waals surface area (Å²) in [6.45, 7) is 8.26. The number of hydrogen-bond acceptors (Lipinski definition) is 4. The standard InChI is InChI=1S/C21H26N4O2/c1-6-12(2)17-11-13(3)25-19(17)21(26)24(15-7-8-15)20(23-25)16-9-10-18(27-5)22-14(16)4/h9-12,15H,6-8H2,1-5H3. The Hall–Kier alpha value is -2.63. The van der Waals surface area contributed by atoms with E-state index in [0.717, 1.165) is 47.3 Å². The van der Waals surface area contributed by atoms with Crippen LogP contribution in [0.4, 0.5) is 0 Å². The summed E-state index contributed by atoms with van der Waals surface area (Å²) >= 11 is 0. The van der Waals surface area contributed by atoms with Gasteiger partial charge in [-0.25, -0.2) is 9.50 Å². The van der Waals surface area contributed by atoms with E-state index < -0.39 is 0 Å². The molecule has 6 heteroatoms. The van der Waals surface area contributed by atoms with E-state index in [-0.39, 0.29) is 11.6 Å². The maximum Gasteiger partial charge on any atom is 0.278 e. The molecule has 0 radical (unpaired) electrons. The summed E-state index contributed by atoms with van der Waals surface area (Å²) in [5.74, 6) is 1.58. The monoisotopic (exact) mass is 366 g/mol. The second kappa shape index (κ2) is 6.51. The highest BCUT2D eigenvalue weighted by Crippen LogP contribution is 2.38. The molecule has 0 saturated heterocycles. The highest BCUT2D eigenvalue weighted by molar-refractivity contribution is 5.63. The van der Waals surface area contributed by atoms with E-state index in [1.165, 1.54) is 0 Å². The molecule has 0 amide bonds. The number of aromatic nitrogens is 4. The molecule has 3 aromatic heterocycles. The third-order valence-electron chi connectivity index (χ3n) is 5.59. The lowest BCUT2D eigenvalue weighted by molar-refractivity contribution is 0.397. The van der Waals surface area contributed by atoms with Crippen molar-refractivity contribution >= 4 is 5.52 Å². The molecule has 142 valence electrons. The van der Waals surface area contributed by atoms with E-state index in [1.54, 1.807) is 7.11 Å². The van der Waals surface area contributed by atoms with Gasteiger partial charge in [0.25, 0.3) is 5.56 Å². The quantitative estimate of drug-likeness (QED) is 0.684. The van der Waals surface area contributed by atoms with Crippen molar-refractivity contribution in [3.63, 3.8) is 0 Å². The highest BCUT2D eigenvalue weighted by atomic mass is 16.5. The fourth-order valence-electron chi connectivity index (χ4n) is 3.69. The molecule has 1 aliphatic carbocycles. The van der Waals surface area contributed by atoms with E-state index in [0.29, 0.717) is 17.6 Å². The van der Waals surface area contributed by atoms with Gasteiger partial charge in [0.15, 0.2) is 5.82 Å². The van der Waals surface area contributed by atoms with Crippen LogP contribution in [0, 0.1) is 13.8 Å². The van der Waals surface area contributed by atoms with Crippen molar-refractivity contribution < 1.29 is 4.74 Å². The normalized spacial score (nSPS) is 15.3. The number of pyridine rings is 1. The van der Waals surface area contributed by atoms with E-state index >= 15 is 0 Å². The summed E-state index contributed by atoms with van der Waals surface area (Å²) in [5.41, 5.74) is 4.54. The van der Waals surface area contributed by atoms with Crippen LogP contribution in [0.15, 0.2) is 23.0 Å². The fraction of sp³-hybridized carbons (Fsp3) is 0.476. The molecule has 0 N–H and O–H groups in total. The summed E-state index contributed by atoms with van der Waals surface area (Å²) in [7, 11) is 1.60. The minimum absolute atomic E-state index is 0.0566. The largest absolute Gasteiger partial charge is 0.481 e. The highest BCUT2D eigenvalue weighted by Gasteiger charge is 2.31. The molecule has 3 heterocycles. The van der Waals surface area contributed by atoms with Crippen LogP contribution < -0.4 is 10.3 Å². The second-order valence-corrected chi connectivity index (χ2v) is 7.53. The lowest BCUT2D eigenvalue weighted by Gasteiger charge is -2.15. The van der Waals surface area contributed by atoms with Crippen molar-refractivity contribution in [3.05, 3.63) is 45.5 Å². The summed E-state index contributed by atoms with van der Waals surface area (Å²) in [6, 6.07) is 6.11. The van der Waals surface area contributed by atoms with Crippen LogP contribution in [0.5, 0.6) is 5.88 Å². The number of hydrogen-bond donors (Lipinski definition) is 0. The number of fused-ring (bicyclic) bond motifs is 1. The Bertz CT molecular complexity index is 1080. The first kappa shape index (κ1) is 17.8. The van der Waals surface area contributed by atoms with Gasteiger partial charge in [0.1, 0.15) is 5.52 Å². The number of rotatable bonds is 5. The van der Waals surface area contributed by atoms with E-state index in [9.17, 15) is 4.79 Å². The zero-order chi connectivity index (χ0) is 19.3. The lowest BCUT2D eigenvalue weighted by Crippen LogP contribution is -2.26. The molecule has 1 fully saturated rings. The van der Waals surface area contributed by atoms with Crippen molar-refractivity contribution in [1.29, 1.82) is 0 Å². The molecule has 1 unspecified atom stereocenters. The molecule has 4 rings (SSSR count). The molecule has 1 saturated carbocycles. The van der Waals surface area contributed by atoms with Crippen LogP contribution >= 0.6 is 0 Å². The van der Waals surface area contributed by atoms with Crippen molar-refractivity contribution in [2.75, 3.05) is 7.11 Å². The first-order valence-corrected chi connectivity index (χ1v) is 9.63. The predicted octanol–water partition coefficient (Wildman–Crippen LogP) is 4.03. The van der Waals surface area contributed by atoms with Crippen LogP contribution in [-0.4, -0.2) is 26.3 Å². The van der Waals surface area contributed by atoms with Gasteiger partial charge in [-0.3, -0.25) is 9.36 Å². The van der Waals surface area contributed by atoms with Crippen LogP contribution in [0.1, 0.15) is 62.0 Å². The topological polar surface area (TPSA) is 61.4 Å². The SMILES string of the molecule is CCC(C)c1cc(C)n2nc(-c3ccc(OC)nc3C)n(C3CC3)c(=O)c12. The van der Waals surface area contributed by atoms with Gasteiger partial charge >= 0.3 is 0 Å². The molecule has 27 heavy (non-hydrogen) atoms. The predicted molar refractivity (Wildman–Crippen MR) is 106 cm³/mol. The van der Waals surface area contributed by atoms with Gasteiger partial charge in [0.05, 0.1) is 12.8 Å². The molecule has 0 bridgehead atoms. The van der Waals surface area contributed by atoms with Gasteiger partial charge in [-0.2, -0.15) is 0 Å². The second-order valence-electron chi connectivity index (χ2n) is 7.53. The molecule has 0 aromatic carbocycles. The van der Waals surface area contributed by atoms with Gasteiger partial charge in [0.2, 0.25) is 5.88 Å². The van der Waals surface area contributed by atoms with E-state index in [1.807, 2.05) is 35.1 Å². The van der Waals surface area contributed by atoms with Crippen molar-refractivity contribution in [2.45, 2.75) is 58.9 Å². The molecule has 6 nitrogen and oxygen atoms in total. The summed E-state index contributed by atoms with van der Waals surface area (Å²) in [5, 5.41) is 4.92. The number of ether oxygens (including phenoxy) is 1. The first-order chi connectivity index (χ1) is 13.0. The molecule has 0 aliphatic heterocycles. The Kier molecular flexibility index (Phi) is 4.29.